The molecule has 0 unspecified atom stereocenters. The monoisotopic (exact) mass is 300 g/mol. The van der Waals surface area contributed by atoms with Crippen molar-refractivity contribution in [1.82, 2.24) is 24.4 Å². The molecule has 1 aliphatic rings. The summed E-state index contributed by atoms with van der Waals surface area (Å²) in [5.74, 6) is 0.770. The minimum Gasteiger partial charge on any atom is -0.337 e. The molecule has 1 saturated heterocycles. The van der Waals surface area contributed by atoms with Crippen molar-refractivity contribution in [2.24, 2.45) is 7.05 Å². The van der Waals surface area contributed by atoms with Crippen LogP contribution in [0.4, 0.5) is 5.95 Å². The van der Waals surface area contributed by atoms with Crippen LogP contribution in [0.1, 0.15) is 23.0 Å². The molecular formula is C15H20N6O. The topological polar surface area (TPSA) is 67.2 Å². The van der Waals surface area contributed by atoms with Gasteiger partial charge in [-0.25, -0.2) is 15.0 Å². The van der Waals surface area contributed by atoms with E-state index in [9.17, 15) is 4.79 Å². The number of aryl methyl sites for hydroxylation is 2. The third-order valence-corrected chi connectivity index (χ3v) is 3.99. The molecule has 0 bridgehead atoms. The van der Waals surface area contributed by atoms with E-state index in [1.54, 1.807) is 17.1 Å². The minimum absolute atomic E-state index is 0.0295. The van der Waals surface area contributed by atoms with Crippen LogP contribution >= 0.6 is 0 Å². The average molecular weight is 300 g/mol. The highest BCUT2D eigenvalue weighted by Crippen LogP contribution is 2.13. The average Bonchev–Trinajstić information content (AvgIpc) is 3.00. The number of imidazole rings is 1. The molecule has 22 heavy (non-hydrogen) atoms. The standard InChI is InChI=1S/C15H20N6O/c1-3-12-8-17-15(18-9-12)21-6-4-20(5-7-21)14(22)13-10-16-11-19(13)2/h8-11H,3-7H2,1-2H3. The van der Waals surface area contributed by atoms with E-state index < -0.39 is 0 Å². The molecule has 7 nitrogen and oxygen atoms in total. The SMILES string of the molecule is CCc1cnc(N2CCN(C(=O)c3cncn3C)CC2)nc1. The number of aromatic nitrogens is 4. The Morgan fingerprint density at radius 3 is 2.36 bits per heavy atom. The van der Waals surface area contributed by atoms with Crippen molar-refractivity contribution >= 4 is 11.9 Å². The fourth-order valence-electron chi connectivity index (χ4n) is 2.53. The maximum Gasteiger partial charge on any atom is 0.272 e. The zero-order chi connectivity index (χ0) is 15.5. The van der Waals surface area contributed by atoms with Gasteiger partial charge in [0.1, 0.15) is 5.69 Å². The molecule has 0 atom stereocenters. The lowest BCUT2D eigenvalue weighted by atomic mass is 10.2. The molecule has 3 heterocycles. The summed E-state index contributed by atoms with van der Waals surface area (Å²) < 4.78 is 1.75. The number of carbonyl (C=O) groups excluding carboxylic acids is 1. The number of hydrogen-bond acceptors (Lipinski definition) is 5. The molecule has 2 aromatic heterocycles. The summed E-state index contributed by atoms with van der Waals surface area (Å²) in [6.45, 7) is 4.91. The third-order valence-electron chi connectivity index (χ3n) is 3.99. The van der Waals surface area contributed by atoms with E-state index in [2.05, 4.69) is 26.8 Å². The van der Waals surface area contributed by atoms with E-state index in [-0.39, 0.29) is 5.91 Å². The van der Waals surface area contributed by atoms with E-state index >= 15 is 0 Å². The van der Waals surface area contributed by atoms with Crippen molar-refractivity contribution in [2.45, 2.75) is 13.3 Å². The van der Waals surface area contributed by atoms with Gasteiger partial charge in [0.15, 0.2) is 0 Å². The van der Waals surface area contributed by atoms with Gasteiger partial charge in [0, 0.05) is 45.6 Å². The number of piperazine rings is 1. The van der Waals surface area contributed by atoms with Gasteiger partial charge in [-0.2, -0.15) is 0 Å². The van der Waals surface area contributed by atoms with Gasteiger partial charge in [-0.1, -0.05) is 6.92 Å². The Balaban J connectivity index is 1.62. The fourth-order valence-corrected chi connectivity index (χ4v) is 2.53. The molecule has 0 aliphatic carbocycles. The van der Waals surface area contributed by atoms with Crippen molar-refractivity contribution in [2.75, 3.05) is 31.1 Å². The van der Waals surface area contributed by atoms with Crippen molar-refractivity contribution in [3.05, 3.63) is 36.2 Å². The molecule has 116 valence electrons. The minimum atomic E-state index is 0.0295. The smallest absolute Gasteiger partial charge is 0.272 e. The second-order valence-electron chi connectivity index (χ2n) is 5.41. The van der Waals surface area contributed by atoms with Crippen LogP contribution in [0.25, 0.3) is 0 Å². The van der Waals surface area contributed by atoms with Crippen molar-refractivity contribution in [3.8, 4) is 0 Å². The van der Waals surface area contributed by atoms with Crippen LogP contribution in [0.2, 0.25) is 0 Å². The quantitative estimate of drug-likeness (QED) is 0.836. The summed E-state index contributed by atoms with van der Waals surface area (Å²) in [6.07, 6.45) is 7.94. The Morgan fingerprint density at radius 2 is 1.82 bits per heavy atom. The highest BCUT2D eigenvalue weighted by atomic mass is 16.2. The van der Waals surface area contributed by atoms with E-state index in [1.165, 1.54) is 0 Å². The Bertz CT molecular complexity index is 642. The van der Waals surface area contributed by atoms with Crippen LogP contribution in [0.15, 0.2) is 24.9 Å². The third kappa shape index (κ3) is 2.79. The molecule has 0 radical (unpaired) electrons. The van der Waals surface area contributed by atoms with Crippen molar-refractivity contribution in [1.29, 1.82) is 0 Å². The Hall–Kier alpha value is -2.44. The summed E-state index contributed by atoms with van der Waals surface area (Å²) >= 11 is 0. The first-order valence-corrected chi connectivity index (χ1v) is 7.50. The van der Waals surface area contributed by atoms with Gasteiger partial charge in [-0.3, -0.25) is 4.79 Å². The van der Waals surface area contributed by atoms with Crippen LogP contribution in [-0.4, -0.2) is 56.5 Å². The molecule has 2 aromatic rings. The molecule has 7 heteroatoms. The van der Waals surface area contributed by atoms with Gasteiger partial charge in [0.05, 0.1) is 12.5 Å². The number of hydrogen-bond donors (Lipinski definition) is 0. The highest BCUT2D eigenvalue weighted by molar-refractivity contribution is 5.92. The summed E-state index contributed by atoms with van der Waals surface area (Å²) in [6, 6.07) is 0. The molecular weight excluding hydrogens is 280 g/mol. The summed E-state index contributed by atoms with van der Waals surface area (Å²) in [4.78, 5) is 29.2. The number of anilines is 1. The van der Waals surface area contributed by atoms with Crippen LogP contribution in [-0.2, 0) is 13.5 Å². The predicted octanol–water partition coefficient (Wildman–Crippen LogP) is 0.735. The van der Waals surface area contributed by atoms with Gasteiger partial charge < -0.3 is 14.4 Å². The molecule has 0 saturated carbocycles. The highest BCUT2D eigenvalue weighted by Gasteiger charge is 2.24. The van der Waals surface area contributed by atoms with Crippen LogP contribution in [0, 0.1) is 0 Å². The lowest BCUT2D eigenvalue weighted by Crippen LogP contribution is -2.49. The van der Waals surface area contributed by atoms with E-state index in [0.29, 0.717) is 18.8 Å². The predicted molar refractivity (Wildman–Crippen MR) is 82.7 cm³/mol. The first-order chi connectivity index (χ1) is 10.7. The molecule has 1 aliphatic heterocycles. The van der Waals surface area contributed by atoms with Gasteiger partial charge in [0.25, 0.3) is 5.91 Å². The van der Waals surface area contributed by atoms with E-state index in [4.69, 9.17) is 0 Å². The maximum atomic E-state index is 12.4. The molecule has 1 fully saturated rings. The lowest BCUT2D eigenvalue weighted by Gasteiger charge is -2.34. The largest absolute Gasteiger partial charge is 0.337 e. The van der Waals surface area contributed by atoms with Crippen LogP contribution < -0.4 is 4.90 Å². The van der Waals surface area contributed by atoms with Gasteiger partial charge in [-0.05, 0) is 12.0 Å². The zero-order valence-electron chi connectivity index (χ0n) is 12.9. The summed E-state index contributed by atoms with van der Waals surface area (Å²) in [5.41, 5.74) is 1.76. The molecule has 3 rings (SSSR count). The second kappa shape index (κ2) is 6.13. The maximum absolute atomic E-state index is 12.4. The number of amides is 1. The lowest BCUT2D eigenvalue weighted by molar-refractivity contribution is 0.0736. The second-order valence-corrected chi connectivity index (χ2v) is 5.41. The van der Waals surface area contributed by atoms with Crippen LogP contribution in [0.5, 0.6) is 0 Å². The molecule has 0 N–H and O–H groups in total. The van der Waals surface area contributed by atoms with Gasteiger partial charge in [-0.15, -0.1) is 0 Å². The van der Waals surface area contributed by atoms with Gasteiger partial charge >= 0.3 is 0 Å². The fraction of sp³-hybridized carbons (Fsp3) is 0.467. The van der Waals surface area contributed by atoms with Crippen molar-refractivity contribution < 1.29 is 4.79 Å². The van der Waals surface area contributed by atoms with Gasteiger partial charge in [0.2, 0.25) is 5.95 Å². The Morgan fingerprint density at radius 1 is 1.14 bits per heavy atom. The first-order valence-electron chi connectivity index (χ1n) is 7.50. The number of nitrogens with zero attached hydrogens (tertiary/aromatic N) is 6. The van der Waals surface area contributed by atoms with E-state index in [0.717, 1.165) is 31.0 Å². The summed E-state index contributed by atoms with van der Waals surface area (Å²) in [5, 5.41) is 0. The number of rotatable bonds is 3. The van der Waals surface area contributed by atoms with E-state index in [1.807, 2.05) is 24.3 Å². The molecule has 1 amide bonds. The van der Waals surface area contributed by atoms with Crippen LogP contribution in [0.3, 0.4) is 0 Å². The zero-order valence-corrected chi connectivity index (χ0v) is 12.9. The molecule has 0 spiro atoms. The first kappa shape index (κ1) is 14.5. The Labute approximate surface area is 129 Å². The number of carbonyl (C=O) groups is 1. The normalized spacial score (nSPS) is 15.2. The Kier molecular flexibility index (Phi) is 4.04. The van der Waals surface area contributed by atoms with Crippen molar-refractivity contribution in [3.63, 3.8) is 0 Å². The molecule has 0 aromatic carbocycles. The summed E-state index contributed by atoms with van der Waals surface area (Å²) in [7, 11) is 1.83.